The van der Waals surface area contributed by atoms with Gasteiger partial charge in [-0.15, -0.1) is 0 Å². The number of nitrogens with zero attached hydrogens (tertiary/aromatic N) is 3. The van der Waals surface area contributed by atoms with Crippen molar-refractivity contribution in [3.63, 3.8) is 0 Å². The van der Waals surface area contributed by atoms with Gasteiger partial charge in [0.2, 0.25) is 10.0 Å². The fraction of sp³-hybridized carbons (Fsp3) is 0.200. The average Bonchev–Trinajstić information content (AvgIpc) is 2.27. The minimum Gasteiger partial charge on any atom is -0.207 e. The molecule has 0 aliphatic rings. The third kappa shape index (κ3) is 2.03. The first-order chi connectivity index (χ1) is 7.43. The van der Waals surface area contributed by atoms with Gasteiger partial charge >= 0.3 is 0 Å². The van der Waals surface area contributed by atoms with E-state index in [1.165, 1.54) is 32.3 Å². The van der Waals surface area contributed by atoms with Crippen molar-refractivity contribution in [1.82, 2.24) is 4.31 Å². The van der Waals surface area contributed by atoms with Crippen LogP contribution in [0.25, 0.3) is 0 Å². The monoisotopic (exact) mass is 235 g/mol. The van der Waals surface area contributed by atoms with Crippen LogP contribution < -0.4 is 0 Å². The van der Waals surface area contributed by atoms with Gasteiger partial charge in [-0.2, -0.15) is 10.5 Å². The molecule has 0 saturated heterocycles. The van der Waals surface area contributed by atoms with Crippen LogP contribution in [0, 0.1) is 22.7 Å². The summed E-state index contributed by atoms with van der Waals surface area (Å²) in [4.78, 5) is 0.00745. The van der Waals surface area contributed by atoms with Gasteiger partial charge < -0.3 is 0 Å². The van der Waals surface area contributed by atoms with Gasteiger partial charge in [-0.1, -0.05) is 0 Å². The van der Waals surface area contributed by atoms with Gasteiger partial charge in [0.25, 0.3) is 0 Å². The summed E-state index contributed by atoms with van der Waals surface area (Å²) in [5.41, 5.74) is 0.227. The predicted octanol–water partition coefficient (Wildman–Crippen LogP) is 0.680. The zero-order valence-corrected chi connectivity index (χ0v) is 9.61. The normalized spacial score (nSPS) is 10.8. The van der Waals surface area contributed by atoms with Gasteiger partial charge in [-0.3, -0.25) is 0 Å². The molecule has 1 aromatic carbocycles. The molecule has 0 atom stereocenters. The molecule has 0 bridgehead atoms. The highest BCUT2D eigenvalue weighted by Gasteiger charge is 2.18. The smallest absolute Gasteiger partial charge is 0.207 e. The quantitative estimate of drug-likeness (QED) is 0.754. The SMILES string of the molecule is CN(C)S(=O)(=O)c1ccc(C#N)c(C#N)c1. The largest absolute Gasteiger partial charge is 0.242 e. The highest BCUT2D eigenvalue weighted by Crippen LogP contribution is 2.17. The molecule has 1 aromatic rings. The molecule has 82 valence electrons. The van der Waals surface area contributed by atoms with E-state index >= 15 is 0 Å². The molecule has 0 aliphatic carbocycles. The molecule has 0 spiro atoms. The fourth-order valence-electron chi connectivity index (χ4n) is 1.08. The van der Waals surface area contributed by atoms with E-state index in [-0.39, 0.29) is 16.0 Å². The topological polar surface area (TPSA) is 85.0 Å². The molecule has 16 heavy (non-hydrogen) atoms. The van der Waals surface area contributed by atoms with E-state index in [2.05, 4.69) is 0 Å². The first-order valence-electron chi connectivity index (χ1n) is 4.30. The van der Waals surface area contributed by atoms with Crippen molar-refractivity contribution in [3.05, 3.63) is 29.3 Å². The summed E-state index contributed by atoms with van der Waals surface area (Å²) >= 11 is 0. The molecule has 6 heteroatoms. The fourth-order valence-corrected chi connectivity index (χ4v) is 2.01. The van der Waals surface area contributed by atoms with E-state index in [4.69, 9.17) is 10.5 Å². The second kappa shape index (κ2) is 4.31. The second-order valence-electron chi connectivity index (χ2n) is 3.22. The zero-order chi connectivity index (χ0) is 12.3. The lowest BCUT2D eigenvalue weighted by molar-refractivity contribution is 0.520. The number of benzene rings is 1. The van der Waals surface area contributed by atoms with Crippen LogP contribution in [0.5, 0.6) is 0 Å². The van der Waals surface area contributed by atoms with Crippen molar-refractivity contribution >= 4 is 10.0 Å². The molecular formula is C10H9N3O2S. The molecule has 0 amide bonds. The first kappa shape index (κ1) is 12.2. The summed E-state index contributed by atoms with van der Waals surface area (Å²) in [6, 6.07) is 7.46. The number of hydrogen-bond acceptors (Lipinski definition) is 4. The van der Waals surface area contributed by atoms with Crippen molar-refractivity contribution in [2.45, 2.75) is 4.90 Å². The molecule has 0 aliphatic heterocycles. The molecule has 0 saturated carbocycles. The lowest BCUT2D eigenvalue weighted by Crippen LogP contribution is -2.22. The summed E-state index contributed by atoms with van der Waals surface area (Å²) in [5, 5.41) is 17.5. The van der Waals surface area contributed by atoms with Gasteiger partial charge in [0.05, 0.1) is 16.0 Å². The van der Waals surface area contributed by atoms with Crippen LogP contribution in [0.3, 0.4) is 0 Å². The molecule has 0 aromatic heterocycles. The highest BCUT2D eigenvalue weighted by molar-refractivity contribution is 7.89. The van der Waals surface area contributed by atoms with Crippen LogP contribution in [-0.2, 0) is 10.0 Å². The molecule has 0 fully saturated rings. The minimum atomic E-state index is -3.56. The van der Waals surface area contributed by atoms with E-state index < -0.39 is 10.0 Å². The third-order valence-electron chi connectivity index (χ3n) is 2.01. The maximum Gasteiger partial charge on any atom is 0.242 e. The molecule has 0 unspecified atom stereocenters. The third-order valence-corrected chi connectivity index (χ3v) is 3.82. The average molecular weight is 235 g/mol. The predicted molar refractivity (Wildman–Crippen MR) is 56.7 cm³/mol. The van der Waals surface area contributed by atoms with E-state index in [0.717, 1.165) is 4.31 Å². The van der Waals surface area contributed by atoms with Crippen LogP contribution in [0.2, 0.25) is 0 Å². The molecule has 5 nitrogen and oxygen atoms in total. The van der Waals surface area contributed by atoms with Crippen molar-refractivity contribution < 1.29 is 8.42 Å². The number of sulfonamides is 1. The summed E-state index contributed by atoms with van der Waals surface area (Å²) in [6.45, 7) is 0. The van der Waals surface area contributed by atoms with Crippen LogP contribution >= 0.6 is 0 Å². The van der Waals surface area contributed by atoms with Crippen molar-refractivity contribution in [1.29, 1.82) is 10.5 Å². The van der Waals surface area contributed by atoms with Crippen LogP contribution in [0.4, 0.5) is 0 Å². The van der Waals surface area contributed by atoms with Gasteiger partial charge in [0.15, 0.2) is 0 Å². The molecule has 1 rings (SSSR count). The van der Waals surface area contributed by atoms with Gasteiger partial charge in [-0.25, -0.2) is 12.7 Å². The Morgan fingerprint density at radius 3 is 2.12 bits per heavy atom. The zero-order valence-electron chi connectivity index (χ0n) is 8.80. The number of rotatable bonds is 2. The van der Waals surface area contributed by atoms with Gasteiger partial charge in [-0.05, 0) is 18.2 Å². The maximum atomic E-state index is 11.7. The van der Waals surface area contributed by atoms with Gasteiger partial charge in [0, 0.05) is 14.1 Å². The van der Waals surface area contributed by atoms with E-state index in [0.29, 0.717) is 0 Å². The summed E-state index contributed by atoms with van der Waals surface area (Å²) in [6.07, 6.45) is 0. The first-order valence-corrected chi connectivity index (χ1v) is 5.74. The Bertz CT molecular complexity index is 591. The van der Waals surface area contributed by atoms with Gasteiger partial charge in [0.1, 0.15) is 12.1 Å². The van der Waals surface area contributed by atoms with E-state index in [1.807, 2.05) is 6.07 Å². The Balaban J connectivity index is 3.44. The lowest BCUT2D eigenvalue weighted by Gasteiger charge is -2.11. The molecule has 0 heterocycles. The molecule has 0 radical (unpaired) electrons. The van der Waals surface area contributed by atoms with Crippen molar-refractivity contribution in [2.75, 3.05) is 14.1 Å². The Kier molecular flexibility index (Phi) is 3.28. The Morgan fingerprint density at radius 2 is 1.69 bits per heavy atom. The number of hydrogen-bond donors (Lipinski definition) is 0. The second-order valence-corrected chi connectivity index (χ2v) is 5.37. The maximum absolute atomic E-state index is 11.7. The van der Waals surface area contributed by atoms with Crippen LogP contribution in [-0.4, -0.2) is 26.8 Å². The Hall–Kier alpha value is -1.89. The van der Waals surface area contributed by atoms with Crippen molar-refractivity contribution in [2.24, 2.45) is 0 Å². The minimum absolute atomic E-state index is 0.00745. The lowest BCUT2D eigenvalue weighted by atomic mass is 10.1. The highest BCUT2D eigenvalue weighted by atomic mass is 32.2. The van der Waals surface area contributed by atoms with Crippen LogP contribution in [0.15, 0.2) is 23.1 Å². The molecule has 0 N–H and O–H groups in total. The Labute approximate surface area is 94.2 Å². The van der Waals surface area contributed by atoms with E-state index in [1.54, 1.807) is 6.07 Å². The summed E-state index contributed by atoms with van der Waals surface area (Å²) < 4.78 is 24.5. The van der Waals surface area contributed by atoms with Crippen LogP contribution in [0.1, 0.15) is 11.1 Å². The number of nitriles is 2. The summed E-state index contributed by atoms with van der Waals surface area (Å²) in [7, 11) is -0.757. The molecular weight excluding hydrogens is 226 g/mol. The standard InChI is InChI=1S/C10H9N3O2S/c1-13(2)16(14,15)10-4-3-8(6-11)9(5-10)7-12/h3-5H,1-2H3. The van der Waals surface area contributed by atoms with E-state index in [9.17, 15) is 8.42 Å². The Morgan fingerprint density at radius 1 is 1.12 bits per heavy atom. The van der Waals surface area contributed by atoms with Crippen molar-refractivity contribution in [3.8, 4) is 12.1 Å². The summed E-state index contributed by atoms with van der Waals surface area (Å²) in [5.74, 6) is 0.